The molecule has 0 aliphatic rings. The molecule has 7 nitrogen and oxygen atoms in total. The number of halogens is 2. The van der Waals surface area contributed by atoms with Crippen molar-refractivity contribution in [1.82, 2.24) is 0 Å². The van der Waals surface area contributed by atoms with Crippen molar-refractivity contribution >= 4 is 51.0 Å². The first kappa shape index (κ1) is 26.9. The first-order valence-electron chi connectivity index (χ1n) is 8.81. The molecule has 0 fully saturated rings. The summed E-state index contributed by atoms with van der Waals surface area (Å²) in [6.07, 6.45) is 0. The summed E-state index contributed by atoms with van der Waals surface area (Å²) >= 11 is 4.40. The number of alkyl halides is 2. The van der Waals surface area contributed by atoms with Gasteiger partial charge in [0, 0.05) is 10.3 Å². The van der Waals surface area contributed by atoms with E-state index in [2.05, 4.69) is 45.2 Å². The van der Waals surface area contributed by atoms with E-state index in [1.54, 1.807) is 0 Å². The summed E-state index contributed by atoms with van der Waals surface area (Å²) in [5.41, 5.74) is 0. The first-order chi connectivity index (χ1) is 12.6. The zero-order valence-corrected chi connectivity index (χ0v) is 20.1. The summed E-state index contributed by atoms with van der Waals surface area (Å²) in [6, 6.07) is 0. The Morgan fingerprint density at radius 2 is 1.12 bits per heavy atom. The molecule has 0 saturated carbocycles. The predicted octanol–water partition coefficient (Wildman–Crippen LogP) is 2.51. The van der Waals surface area contributed by atoms with Gasteiger partial charge in [0.15, 0.2) is 5.78 Å². The fourth-order valence-electron chi connectivity index (χ4n) is 1.55. The molecule has 0 saturated heterocycles. The topological polar surface area (TPSA) is 72.5 Å². The Hall–Kier alpha value is 0.890. The molecule has 0 aromatic carbocycles. The molecule has 0 aromatic rings. The number of rotatable bonds is 20. The van der Waals surface area contributed by atoms with Crippen LogP contribution in [0.5, 0.6) is 0 Å². The zero-order valence-electron chi connectivity index (χ0n) is 15.8. The maximum atomic E-state index is 11.5. The monoisotopic (exact) mass is 602 g/mol. The number of ether oxygens (including phenoxy) is 6. The van der Waals surface area contributed by atoms with Crippen molar-refractivity contribution in [2.45, 2.75) is 18.0 Å². The molecule has 0 heterocycles. The highest BCUT2D eigenvalue weighted by molar-refractivity contribution is 14.1. The lowest BCUT2D eigenvalue weighted by atomic mass is 10.1. The van der Waals surface area contributed by atoms with E-state index < -0.39 is 0 Å². The van der Waals surface area contributed by atoms with E-state index in [4.69, 9.17) is 28.4 Å². The van der Waals surface area contributed by atoms with Crippen LogP contribution in [0.4, 0.5) is 0 Å². The molecule has 0 spiro atoms. The van der Waals surface area contributed by atoms with Crippen LogP contribution in [-0.4, -0.2) is 87.0 Å². The Labute approximate surface area is 184 Å². The second-order valence-electron chi connectivity index (χ2n) is 5.44. The molecule has 0 radical (unpaired) electrons. The normalized spacial score (nSPS) is 13.7. The lowest BCUT2D eigenvalue weighted by Crippen LogP contribution is -2.20. The van der Waals surface area contributed by atoms with E-state index in [0.717, 1.165) is 4.43 Å². The molecule has 0 amide bonds. The first-order valence-corrected chi connectivity index (χ1v) is 11.6. The average Bonchev–Trinajstić information content (AvgIpc) is 2.63. The summed E-state index contributed by atoms with van der Waals surface area (Å²) < 4.78 is 33.2. The van der Waals surface area contributed by atoms with Crippen molar-refractivity contribution < 1.29 is 33.2 Å². The highest BCUT2D eigenvalue weighted by Crippen LogP contribution is 2.02. The SMILES string of the molecule is CC(I)OCCOCCOCCOCCOCCOCC(=O)C(C)CI. The Kier molecular flexibility index (Phi) is 21.3. The van der Waals surface area contributed by atoms with Gasteiger partial charge in [0.05, 0.1) is 66.1 Å². The molecule has 0 bridgehead atoms. The third-order valence-corrected chi connectivity index (χ3v) is 4.77. The van der Waals surface area contributed by atoms with Gasteiger partial charge in [0.2, 0.25) is 0 Å². The summed E-state index contributed by atoms with van der Waals surface area (Å²) in [5, 5.41) is 0. The van der Waals surface area contributed by atoms with Crippen LogP contribution in [0.2, 0.25) is 0 Å². The van der Waals surface area contributed by atoms with Gasteiger partial charge < -0.3 is 28.4 Å². The largest absolute Gasteiger partial charge is 0.377 e. The van der Waals surface area contributed by atoms with Gasteiger partial charge in [0.1, 0.15) is 10.7 Å². The molecule has 2 atom stereocenters. The lowest BCUT2D eigenvalue weighted by Gasteiger charge is -2.09. The summed E-state index contributed by atoms with van der Waals surface area (Å²) in [6.45, 7) is 9.30. The van der Waals surface area contributed by atoms with Crippen molar-refractivity contribution in [3.63, 3.8) is 0 Å². The average molecular weight is 602 g/mol. The second-order valence-corrected chi connectivity index (χ2v) is 8.07. The van der Waals surface area contributed by atoms with Gasteiger partial charge in [0.25, 0.3) is 0 Å². The van der Waals surface area contributed by atoms with Gasteiger partial charge in [-0.1, -0.05) is 52.1 Å². The van der Waals surface area contributed by atoms with Crippen LogP contribution < -0.4 is 0 Å². The maximum Gasteiger partial charge on any atom is 0.162 e. The molecule has 26 heavy (non-hydrogen) atoms. The number of carbonyl (C=O) groups is 1. The smallest absolute Gasteiger partial charge is 0.162 e. The summed E-state index contributed by atoms with van der Waals surface area (Å²) in [5.74, 6) is 0.189. The van der Waals surface area contributed by atoms with Crippen molar-refractivity contribution in [1.29, 1.82) is 0 Å². The van der Waals surface area contributed by atoms with E-state index in [1.807, 2.05) is 13.8 Å². The van der Waals surface area contributed by atoms with E-state index in [-0.39, 0.29) is 22.4 Å². The van der Waals surface area contributed by atoms with Crippen molar-refractivity contribution in [2.24, 2.45) is 5.92 Å². The van der Waals surface area contributed by atoms with Gasteiger partial charge in [-0.25, -0.2) is 0 Å². The molecule has 2 unspecified atom stereocenters. The van der Waals surface area contributed by atoms with Crippen molar-refractivity contribution in [3.8, 4) is 0 Å². The number of carbonyl (C=O) groups excluding carboxylic acids is 1. The highest BCUT2D eigenvalue weighted by Gasteiger charge is 2.10. The van der Waals surface area contributed by atoms with Gasteiger partial charge >= 0.3 is 0 Å². The third-order valence-electron chi connectivity index (χ3n) is 3.09. The quantitative estimate of drug-likeness (QED) is 0.121. The van der Waals surface area contributed by atoms with E-state index in [0.29, 0.717) is 66.1 Å². The van der Waals surface area contributed by atoms with Crippen molar-refractivity contribution in [3.05, 3.63) is 0 Å². The standard InChI is InChI=1S/C17H32I2O7/c1-15(13-18)17(20)14-25-10-9-23-6-5-21-3-4-22-7-8-24-11-12-26-16(2)19/h15-16H,3-14H2,1-2H3. The van der Waals surface area contributed by atoms with Crippen LogP contribution in [0.3, 0.4) is 0 Å². The Morgan fingerprint density at radius 3 is 1.50 bits per heavy atom. The highest BCUT2D eigenvalue weighted by atomic mass is 127. The van der Waals surface area contributed by atoms with Gasteiger partial charge in [-0.05, 0) is 6.92 Å². The van der Waals surface area contributed by atoms with Crippen LogP contribution in [0.15, 0.2) is 0 Å². The third kappa shape index (κ3) is 19.6. The van der Waals surface area contributed by atoms with Crippen LogP contribution in [0.25, 0.3) is 0 Å². The minimum atomic E-state index is 0.0531. The fourth-order valence-corrected chi connectivity index (χ4v) is 2.30. The van der Waals surface area contributed by atoms with Gasteiger partial charge in [-0.3, -0.25) is 4.79 Å². The summed E-state index contributed by atoms with van der Waals surface area (Å²) in [4.78, 5) is 11.5. The number of hydrogen-bond donors (Lipinski definition) is 0. The van der Waals surface area contributed by atoms with E-state index in [1.165, 1.54) is 0 Å². The van der Waals surface area contributed by atoms with Gasteiger partial charge in [-0.2, -0.15) is 0 Å². The molecular formula is C17H32I2O7. The maximum absolute atomic E-state index is 11.5. The molecule has 9 heteroatoms. The number of Topliss-reactive ketones (excluding diaryl/α,β-unsaturated/α-hetero) is 1. The van der Waals surface area contributed by atoms with Crippen LogP contribution in [0, 0.1) is 5.92 Å². The van der Waals surface area contributed by atoms with Gasteiger partial charge in [-0.15, -0.1) is 0 Å². The Balaban J connectivity index is 3.10. The Bertz CT molecular complexity index is 319. The molecule has 0 N–H and O–H groups in total. The molecule has 0 aliphatic heterocycles. The summed E-state index contributed by atoms with van der Waals surface area (Å²) in [7, 11) is 0. The molecule has 0 aliphatic carbocycles. The van der Waals surface area contributed by atoms with Crippen LogP contribution >= 0.6 is 45.2 Å². The number of ketones is 1. The fraction of sp³-hybridized carbons (Fsp3) is 0.941. The lowest BCUT2D eigenvalue weighted by molar-refractivity contribution is -0.126. The molecule has 0 aromatic heterocycles. The number of hydrogen-bond acceptors (Lipinski definition) is 7. The minimum Gasteiger partial charge on any atom is -0.377 e. The van der Waals surface area contributed by atoms with Crippen molar-refractivity contribution in [2.75, 3.05) is 77.1 Å². The minimum absolute atomic E-state index is 0.0531. The van der Waals surface area contributed by atoms with Crippen LogP contribution in [0.1, 0.15) is 13.8 Å². The predicted molar refractivity (Wildman–Crippen MR) is 117 cm³/mol. The zero-order chi connectivity index (χ0) is 19.5. The van der Waals surface area contributed by atoms with E-state index >= 15 is 0 Å². The molecule has 0 rings (SSSR count). The molecular weight excluding hydrogens is 570 g/mol. The van der Waals surface area contributed by atoms with E-state index in [9.17, 15) is 4.79 Å². The Morgan fingerprint density at radius 1 is 0.731 bits per heavy atom. The molecule has 156 valence electrons. The van der Waals surface area contributed by atoms with Crippen LogP contribution in [-0.2, 0) is 33.2 Å². The second kappa shape index (κ2) is 20.6.